The highest BCUT2D eigenvalue weighted by Gasteiger charge is 2.24. The SMILES string of the molecule is CN(C)CCNC(=O)c1ccc(/C=C2\CCn3c2nc2cc(N4CCN(C)CC4)c(F)cc2c3=O)cc1. The lowest BCUT2D eigenvalue weighted by Gasteiger charge is -2.34. The van der Waals surface area contributed by atoms with Crippen LogP contribution in [-0.4, -0.2) is 85.7 Å². The summed E-state index contributed by atoms with van der Waals surface area (Å²) in [5.41, 5.74) is 3.29. The molecule has 0 spiro atoms. The van der Waals surface area contributed by atoms with Gasteiger partial charge in [-0.1, -0.05) is 12.1 Å². The molecule has 37 heavy (non-hydrogen) atoms. The van der Waals surface area contributed by atoms with Crippen LogP contribution in [0.4, 0.5) is 10.1 Å². The summed E-state index contributed by atoms with van der Waals surface area (Å²) in [6.45, 7) is 5.07. The van der Waals surface area contributed by atoms with Crippen molar-refractivity contribution in [3.63, 3.8) is 0 Å². The van der Waals surface area contributed by atoms with Gasteiger partial charge in [0, 0.05) is 51.4 Å². The number of piperazine rings is 1. The average molecular weight is 505 g/mol. The molecule has 2 aromatic carbocycles. The minimum absolute atomic E-state index is 0.102. The minimum Gasteiger partial charge on any atom is -0.367 e. The number of hydrogen-bond acceptors (Lipinski definition) is 6. The fourth-order valence-corrected chi connectivity index (χ4v) is 4.88. The summed E-state index contributed by atoms with van der Waals surface area (Å²) in [6.07, 6.45) is 2.68. The summed E-state index contributed by atoms with van der Waals surface area (Å²) in [7, 11) is 5.99. The van der Waals surface area contributed by atoms with E-state index in [1.165, 1.54) is 6.07 Å². The molecule has 0 atom stereocenters. The molecule has 1 fully saturated rings. The van der Waals surface area contributed by atoms with Crippen LogP contribution in [0.15, 0.2) is 41.2 Å². The van der Waals surface area contributed by atoms with E-state index in [1.807, 2.05) is 42.1 Å². The van der Waals surface area contributed by atoms with Crippen molar-refractivity contribution >= 4 is 34.1 Å². The van der Waals surface area contributed by atoms with Crippen molar-refractivity contribution in [1.82, 2.24) is 24.7 Å². The molecular formula is C28H33FN6O2. The number of nitrogens with zero attached hydrogens (tertiary/aromatic N) is 5. The van der Waals surface area contributed by atoms with Crippen LogP contribution in [0.3, 0.4) is 0 Å². The Labute approximate surface area is 216 Å². The first-order chi connectivity index (χ1) is 17.8. The highest BCUT2D eigenvalue weighted by Crippen LogP contribution is 2.30. The van der Waals surface area contributed by atoms with Crippen molar-refractivity contribution in [3.05, 3.63) is 69.5 Å². The van der Waals surface area contributed by atoms with Crippen LogP contribution in [0.5, 0.6) is 0 Å². The zero-order valence-electron chi connectivity index (χ0n) is 21.6. The standard InChI is InChI=1S/C28H33FN6O2/c1-32(2)11-9-30-27(36)20-6-4-19(5-7-20)16-21-8-10-35-26(21)31-24-18-25(23(29)17-22(24)28(35)37)34-14-12-33(3)13-15-34/h4-7,16-18H,8-15H2,1-3H3,(H,30,36)/b21-16+. The van der Waals surface area contributed by atoms with Gasteiger partial charge in [-0.15, -0.1) is 0 Å². The molecule has 9 heteroatoms. The van der Waals surface area contributed by atoms with Gasteiger partial charge in [0.2, 0.25) is 0 Å². The van der Waals surface area contributed by atoms with Gasteiger partial charge < -0.3 is 20.0 Å². The highest BCUT2D eigenvalue weighted by molar-refractivity contribution is 5.94. The molecule has 0 aliphatic carbocycles. The molecule has 3 aromatic rings. The van der Waals surface area contributed by atoms with Gasteiger partial charge in [-0.2, -0.15) is 0 Å². The molecule has 1 saturated heterocycles. The molecule has 0 bridgehead atoms. The Bertz CT molecular complexity index is 1400. The molecule has 8 nitrogen and oxygen atoms in total. The Morgan fingerprint density at radius 1 is 1.11 bits per heavy atom. The minimum atomic E-state index is -0.379. The topological polar surface area (TPSA) is 73.7 Å². The fraction of sp³-hybridized carbons (Fsp3) is 0.393. The van der Waals surface area contributed by atoms with E-state index in [0.717, 1.165) is 43.9 Å². The van der Waals surface area contributed by atoms with Gasteiger partial charge in [-0.3, -0.25) is 14.2 Å². The second kappa shape index (κ2) is 10.4. The average Bonchev–Trinajstić information content (AvgIpc) is 3.27. The van der Waals surface area contributed by atoms with Gasteiger partial charge in [0.05, 0.1) is 16.6 Å². The zero-order valence-corrected chi connectivity index (χ0v) is 21.6. The molecule has 2 aliphatic heterocycles. The predicted octanol–water partition coefficient (Wildman–Crippen LogP) is 2.52. The maximum Gasteiger partial charge on any atom is 0.261 e. The van der Waals surface area contributed by atoms with Gasteiger partial charge in [-0.25, -0.2) is 9.37 Å². The van der Waals surface area contributed by atoms with E-state index in [4.69, 9.17) is 4.98 Å². The third-order valence-electron chi connectivity index (χ3n) is 7.12. The molecule has 1 amide bonds. The molecule has 2 aliphatic rings. The maximum absolute atomic E-state index is 15.0. The smallest absolute Gasteiger partial charge is 0.261 e. The van der Waals surface area contributed by atoms with Crippen LogP contribution in [-0.2, 0) is 6.54 Å². The number of fused-ring (bicyclic) bond motifs is 2. The third-order valence-corrected chi connectivity index (χ3v) is 7.12. The van der Waals surface area contributed by atoms with Crippen LogP contribution in [0.1, 0.15) is 28.2 Å². The van der Waals surface area contributed by atoms with E-state index >= 15 is 4.39 Å². The number of hydrogen-bond donors (Lipinski definition) is 1. The first-order valence-corrected chi connectivity index (χ1v) is 12.7. The van der Waals surface area contributed by atoms with E-state index < -0.39 is 0 Å². The summed E-state index contributed by atoms with van der Waals surface area (Å²) in [4.78, 5) is 36.7. The Morgan fingerprint density at radius 3 is 2.54 bits per heavy atom. The summed E-state index contributed by atoms with van der Waals surface area (Å²) in [5, 5.41) is 3.23. The van der Waals surface area contributed by atoms with E-state index in [2.05, 4.69) is 17.3 Å². The summed E-state index contributed by atoms with van der Waals surface area (Å²) in [5.74, 6) is 0.144. The molecule has 0 radical (unpaired) electrons. The van der Waals surface area contributed by atoms with Gasteiger partial charge in [-0.05, 0) is 69.0 Å². The number of carbonyl (C=O) groups is 1. The number of carbonyl (C=O) groups excluding carboxylic acids is 1. The molecule has 0 unspecified atom stereocenters. The maximum atomic E-state index is 15.0. The Hall–Kier alpha value is -3.56. The number of amides is 1. The quantitative estimate of drug-likeness (QED) is 0.556. The van der Waals surface area contributed by atoms with E-state index in [9.17, 15) is 9.59 Å². The molecule has 0 saturated carbocycles. The Morgan fingerprint density at radius 2 is 1.84 bits per heavy atom. The number of halogens is 1. The van der Waals surface area contributed by atoms with E-state index in [-0.39, 0.29) is 17.3 Å². The lowest BCUT2D eigenvalue weighted by atomic mass is 10.1. The van der Waals surface area contributed by atoms with Crippen LogP contribution in [0.2, 0.25) is 0 Å². The number of rotatable bonds is 6. The monoisotopic (exact) mass is 504 g/mol. The largest absolute Gasteiger partial charge is 0.367 e. The van der Waals surface area contributed by atoms with Gasteiger partial charge >= 0.3 is 0 Å². The van der Waals surface area contributed by atoms with Crippen LogP contribution >= 0.6 is 0 Å². The third kappa shape index (κ3) is 5.28. The summed E-state index contributed by atoms with van der Waals surface area (Å²) >= 11 is 0. The Balaban J connectivity index is 1.41. The number of benzene rings is 2. The lowest BCUT2D eigenvalue weighted by Crippen LogP contribution is -2.44. The lowest BCUT2D eigenvalue weighted by molar-refractivity contribution is 0.0951. The van der Waals surface area contributed by atoms with Crippen molar-refractivity contribution in [2.45, 2.75) is 13.0 Å². The van der Waals surface area contributed by atoms with Crippen LogP contribution in [0, 0.1) is 5.82 Å². The number of aromatic nitrogens is 2. The number of nitrogens with one attached hydrogen (secondary N) is 1. The molecule has 194 valence electrons. The van der Waals surface area contributed by atoms with E-state index in [0.29, 0.717) is 47.5 Å². The molecule has 1 aromatic heterocycles. The normalized spacial score (nSPS) is 17.1. The van der Waals surface area contributed by atoms with Crippen molar-refractivity contribution in [3.8, 4) is 0 Å². The number of allylic oxidation sites excluding steroid dienone is 1. The summed E-state index contributed by atoms with van der Waals surface area (Å²) < 4.78 is 16.7. The van der Waals surface area contributed by atoms with Gasteiger partial charge in [0.15, 0.2) is 0 Å². The first-order valence-electron chi connectivity index (χ1n) is 12.7. The Kier molecular flexibility index (Phi) is 7.08. The van der Waals surface area contributed by atoms with Gasteiger partial charge in [0.1, 0.15) is 11.6 Å². The van der Waals surface area contributed by atoms with Gasteiger partial charge in [0.25, 0.3) is 11.5 Å². The van der Waals surface area contributed by atoms with Crippen molar-refractivity contribution in [2.75, 3.05) is 65.3 Å². The second-order valence-corrected chi connectivity index (χ2v) is 10.1. The highest BCUT2D eigenvalue weighted by atomic mass is 19.1. The molecule has 1 N–H and O–H groups in total. The molecule has 5 rings (SSSR count). The van der Waals surface area contributed by atoms with Crippen LogP contribution in [0.25, 0.3) is 22.6 Å². The number of anilines is 1. The molecular weight excluding hydrogens is 471 g/mol. The van der Waals surface area contributed by atoms with Crippen molar-refractivity contribution < 1.29 is 9.18 Å². The molecule has 3 heterocycles. The first kappa shape index (κ1) is 25.1. The van der Waals surface area contributed by atoms with Crippen LogP contribution < -0.4 is 15.8 Å². The fourth-order valence-electron chi connectivity index (χ4n) is 4.88. The number of likely N-dealkylation sites (N-methyl/N-ethyl adjacent to an activating group) is 2. The second-order valence-electron chi connectivity index (χ2n) is 10.1. The predicted molar refractivity (Wildman–Crippen MR) is 145 cm³/mol. The van der Waals surface area contributed by atoms with Crippen molar-refractivity contribution in [2.24, 2.45) is 0 Å². The van der Waals surface area contributed by atoms with Crippen molar-refractivity contribution in [1.29, 1.82) is 0 Å². The van der Waals surface area contributed by atoms with E-state index in [1.54, 1.807) is 22.8 Å². The zero-order chi connectivity index (χ0) is 26.1. The summed E-state index contributed by atoms with van der Waals surface area (Å²) in [6, 6.07) is 10.5.